The first-order valence-electron chi connectivity index (χ1n) is 9.99. The van der Waals surface area contributed by atoms with Crippen molar-refractivity contribution >= 4 is 17.7 Å². The number of aromatic nitrogens is 2. The van der Waals surface area contributed by atoms with E-state index in [0.29, 0.717) is 13.1 Å². The highest BCUT2D eigenvalue weighted by Crippen LogP contribution is 2.16. The third-order valence-corrected chi connectivity index (χ3v) is 4.89. The van der Waals surface area contributed by atoms with Crippen molar-refractivity contribution in [2.75, 3.05) is 31.1 Å². The zero-order chi connectivity index (χ0) is 19.8. The highest BCUT2D eigenvalue weighted by atomic mass is 16.2. The molecule has 3 rings (SSSR count). The zero-order valence-corrected chi connectivity index (χ0v) is 16.5. The summed E-state index contributed by atoms with van der Waals surface area (Å²) < 4.78 is 1.26. The van der Waals surface area contributed by atoms with Gasteiger partial charge in [-0.3, -0.25) is 9.59 Å². The van der Waals surface area contributed by atoms with Crippen LogP contribution in [0.15, 0.2) is 53.5 Å². The minimum atomic E-state index is -0.228. The average Bonchev–Trinajstić information content (AvgIpc) is 3.24. The standard InChI is InChI=1S/C22H28N4O2/c1-2-12-25(15-8-11-19-9-4-3-5-10-19)22(28)18-26-21(27)16-20(17-23-26)24-13-6-7-14-24/h3-5,8-11,16-17H,2,6-7,12-15,18H2,1H3. The third kappa shape index (κ3) is 5.31. The van der Waals surface area contributed by atoms with Crippen molar-refractivity contribution in [1.82, 2.24) is 14.7 Å². The van der Waals surface area contributed by atoms with Gasteiger partial charge < -0.3 is 9.80 Å². The van der Waals surface area contributed by atoms with E-state index < -0.39 is 0 Å². The molecule has 0 saturated carbocycles. The van der Waals surface area contributed by atoms with E-state index in [1.807, 2.05) is 49.4 Å². The Hall–Kier alpha value is -2.89. The number of rotatable bonds is 8. The molecule has 0 radical (unpaired) electrons. The van der Waals surface area contributed by atoms with Crippen LogP contribution in [0.2, 0.25) is 0 Å². The molecule has 0 aliphatic carbocycles. The van der Waals surface area contributed by atoms with Crippen molar-refractivity contribution in [3.63, 3.8) is 0 Å². The predicted molar refractivity (Wildman–Crippen MR) is 112 cm³/mol. The second-order valence-electron chi connectivity index (χ2n) is 7.06. The van der Waals surface area contributed by atoms with Gasteiger partial charge >= 0.3 is 0 Å². The van der Waals surface area contributed by atoms with E-state index in [-0.39, 0.29) is 18.0 Å². The Kier molecular flexibility index (Phi) is 7.00. The quantitative estimate of drug-likeness (QED) is 0.707. The molecule has 0 bridgehead atoms. The van der Waals surface area contributed by atoms with Crippen molar-refractivity contribution in [1.29, 1.82) is 0 Å². The second-order valence-corrected chi connectivity index (χ2v) is 7.06. The molecule has 28 heavy (non-hydrogen) atoms. The van der Waals surface area contributed by atoms with Crippen molar-refractivity contribution < 1.29 is 4.79 Å². The van der Waals surface area contributed by atoms with Crippen LogP contribution in [0.5, 0.6) is 0 Å². The predicted octanol–water partition coefficient (Wildman–Crippen LogP) is 2.80. The van der Waals surface area contributed by atoms with Crippen LogP contribution < -0.4 is 10.5 Å². The van der Waals surface area contributed by atoms with Gasteiger partial charge in [0.25, 0.3) is 5.56 Å². The molecule has 0 unspecified atom stereocenters. The summed E-state index contributed by atoms with van der Waals surface area (Å²) in [5.74, 6) is -0.0944. The van der Waals surface area contributed by atoms with Crippen molar-refractivity contribution in [3.05, 3.63) is 64.6 Å². The van der Waals surface area contributed by atoms with Crippen molar-refractivity contribution in [2.24, 2.45) is 0 Å². The van der Waals surface area contributed by atoms with E-state index in [4.69, 9.17) is 0 Å². The highest BCUT2D eigenvalue weighted by molar-refractivity contribution is 5.76. The Balaban J connectivity index is 1.63. The van der Waals surface area contributed by atoms with Crippen LogP contribution in [0, 0.1) is 0 Å². The number of nitrogens with zero attached hydrogens (tertiary/aromatic N) is 4. The SMILES string of the molecule is CCCN(CC=Cc1ccccc1)C(=O)Cn1ncc(N2CCCC2)cc1=O. The Morgan fingerprint density at radius 2 is 1.96 bits per heavy atom. The van der Waals surface area contributed by atoms with E-state index in [1.165, 1.54) is 4.68 Å². The van der Waals surface area contributed by atoms with E-state index >= 15 is 0 Å². The second kappa shape index (κ2) is 9.88. The largest absolute Gasteiger partial charge is 0.370 e. The van der Waals surface area contributed by atoms with Gasteiger partial charge in [-0.15, -0.1) is 0 Å². The number of hydrogen-bond donors (Lipinski definition) is 0. The molecule has 2 aromatic rings. The molecular formula is C22H28N4O2. The lowest BCUT2D eigenvalue weighted by Crippen LogP contribution is -2.38. The molecule has 1 amide bonds. The minimum absolute atomic E-state index is 0.0295. The summed E-state index contributed by atoms with van der Waals surface area (Å²) in [6.07, 6.45) is 8.83. The zero-order valence-electron chi connectivity index (χ0n) is 16.5. The lowest BCUT2D eigenvalue weighted by molar-refractivity contribution is -0.131. The fraction of sp³-hybridized carbons (Fsp3) is 0.409. The molecule has 6 nitrogen and oxygen atoms in total. The fourth-order valence-corrected chi connectivity index (χ4v) is 3.39. The maximum atomic E-state index is 12.7. The topological polar surface area (TPSA) is 58.4 Å². The Labute approximate surface area is 166 Å². The summed E-state index contributed by atoms with van der Waals surface area (Å²) in [5, 5.41) is 4.23. The van der Waals surface area contributed by atoms with Gasteiger partial charge in [0.05, 0.1) is 11.9 Å². The fourth-order valence-electron chi connectivity index (χ4n) is 3.39. The first kappa shape index (κ1) is 19.9. The first-order valence-corrected chi connectivity index (χ1v) is 9.99. The number of anilines is 1. The van der Waals surface area contributed by atoms with Crippen LogP contribution in [0.1, 0.15) is 31.7 Å². The number of amides is 1. The molecule has 0 N–H and O–H groups in total. The smallest absolute Gasteiger partial charge is 0.269 e. The van der Waals surface area contributed by atoms with Gasteiger partial charge in [0, 0.05) is 32.2 Å². The summed E-state index contributed by atoms with van der Waals surface area (Å²) in [7, 11) is 0. The monoisotopic (exact) mass is 380 g/mol. The average molecular weight is 380 g/mol. The highest BCUT2D eigenvalue weighted by Gasteiger charge is 2.16. The lowest BCUT2D eigenvalue weighted by atomic mass is 10.2. The van der Waals surface area contributed by atoms with E-state index in [9.17, 15) is 9.59 Å². The van der Waals surface area contributed by atoms with Crippen molar-refractivity contribution in [3.8, 4) is 0 Å². The molecule has 148 valence electrons. The summed E-state index contributed by atoms with van der Waals surface area (Å²) >= 11 is 0. The molecule has 1 aliphatic rings. The molecule has 1 aromatic carbocycles. The summed E-state index contributed by atoms with van der Waals surface area (Å²) in [6.45, 7) is 5.10. The van der Waals surface area contributed by atoms with Gasteiger partial charge in [-0.25, -0.2) is 4.68 Å². The number of carbonyl (C=O) groups is 1. The normalized spacial score (nSPS) is 14.0. The van der Waals surface area contributed by atoms with Crippen LogP contribution >= 0.6 is 0 Å². The summed E-state index contributed by atoms with van der Waals surface area (Å²) in [5.41, 5.74) is 1.72. The third-order valence-electron chi connectivity index (χ3n) is 4.89. The molecule has 1 aromatic heterocycles. The summed E-state index contributed by atoms with van der Waals surface area (Å²) in [4.78, 5) is 29.1. The molecular weight excluding hydrogens is 352 g/mol. The van der Waals surface area contributed by atoms with Gasteiger partial charge in [-0.2, -0.15) is 5.10 Å². The Morgan fingerprint density at radius 1 is 1.21 bits per heavy atom. The van der Waals surface area contributed by atoms with Crippen LogP contribution in [-0.4, -0.2) is 46.8 Å². The van der Waals surface area contributed by atoms with Crippen LogP contribution in [0.3, 0.4) is 0 Å². The van der Waals surface area contributed by atoms with Gasteiger partial charge in [0.15, 0.2) is 0 Å². The maximum Gasteiger partial charge on any atom is 0.269 e. The lowest BCUT2D eigenvalue weighted by Gasteiger charge is -2.21. The van der Waals surface area contributed by atoms with E-state index in [1.54, 1.807) is 17.2 Å². The molecule has 2 heterocycles. The Morgan fingerprint density at radius 3 is 2.64 bits per heavy atom. The van der Waals surface area contributed by atoms with Gasteiger partial charge in [-0.1, -0.05) is 49.4 Å². The maximum absolute atomic E-state index is 12.7. The van der Waals surface area contributed by atoms with Crippen LogP contribution in [0.4, 0.5) is 5.69 Å². The van der Waals surface area contributed by atoms with E-state index in [0.717, 1.165) is 43.6 Å². The van der Waals surface area contributed by atoms with Gasteiger partial charge in [0.2, 0.25) is 5.91 Å². The van der Waals surface area contributed by atoms with Crippen molar-refractivity contribution in [2.45, 2.75) is 32.7 Å². The Bertz CT molecular complexity index is 854. The number of benzene rings is 1. The molecule has 1 fully saturated rings. The van der Waals surface area contributed by atoms with E-state index in [2.05, 4.69) is 10.00 Å². The minimum Gasteiger partial charge on any atom is -0.370 e. The van der Waals surface area contributed by atoms with Gasteiger partial charge in [0.1, 0.15) is 6.54 Å². The number of hydrogen-bond acceptors (Lipinski definition) is 4. The summed E-state index contributed by atoms with van der Waals surface area (Å²) in [6, 6.07) is 11.6. The van der Waals surface area contributed by atoms with Crippen LogP contribution in [-0.2, 0) is 11.3 Å². The molecule has 1 aliphatic heterocycles. The van der Waals surface area contributed by atoms with Crippen LogP contribution in [0.25, 0.3) is 6.08 Å². The molecule has 0 atom stereocenters. The molecule has 1 saturated heterocycles. The number of carbonyl (C=O) groups excluding carboxylic acids is 1. The first-order chi connectivity index (χ1) is 13.7. The van der Waals surface area contributed by atoms with Gasteiger partial charge in [-0.05, 0) is 24.8 Å². The molecule has 6 heteroatoms. The molecule has 0 spiro atoms.